The summed E-state index contributed by atoms with van der Waals surface area (Å²) in [5.74, 6) is 1.02. The number of fused-ring (bicyclic) bond motifs is 1. The minimum Gasteiger partial charge on any atom is -0.376 e. The third-order valence-corrected chi connectivity index (χ3v) is 4.93. The summed E-state index contributed by atoms with van der Waals surface area (Å²) >= 11 is 1.76. The van der Waals surface area contributed by atoms with Gasteiger partial charge in [0.2, 0.25) is 0 Å². The number of rotatable bonds is 4. The Morgan fingerprint density at radius 3 is 3.18 bits per heavy atom. The molecule has 3 aromatic rings. The van der Waals surface area contributed by atoms with E-state index in [1.165, 1.54) is 9.75 Å². The zero-order chi connectivity index (χ0) is 14.9. The van der Waals surface area contributed by atoms with Crippen molar-refractivity contribution >= 4 is 22.8 Å². The van der Waals surface area contributed by atoms with Gasteiger partial charge in [-0.2, -0.15) is 0 Å². The average molecular weight is 314 g/mol. The zero-order valence-corrected chi connectivity index (χ0v) is 13.3. The summed E-state index contributed by atoms with van der Waals surface area (Å²) in [5, 5.41) is 3.54. The summed E-state index contributed by atoms with van der Waals surface area (Å²) in [5.41, 5.74) is 1.85. The highest BCUT2D eigenvalue weighted by atomic mass is 32.1. The van der Waals surface area contributed by atoms with Crippen LogP contribution in [0.1, 0.15) is 17.7 Å². The van der Waals surface area contributed by atoms with Gasteiger partial charge in [-0.15, -0.1) is 11.3 Å². The number of nitrogens with zero attached hydrogens (tertiary/aromatic N) is 3. The van der Waals surface area contributed by atoms with Gasteiger partial charge in [0.05, 0.1) is 17.2 Å². The Morgan fingerprint density at radius 1 is 1.45 bits per heavy atom. The minimum absolute atomic E-state index is 0.297. The van der Waals surface area contributed by atoms with Crippen molar-refractivity contribution in [3.8, 4) is 10.6 Å². The Morgan fingerprint density at radius 2 is 2.41 bits per heavy atom. The largest absolute Gasteiger partial charge is 0.376 e. The molecule has 1 fully saturated rings. The van der Waals surface area contributed by atoms with Gasteiger partial charge in [0.15, 0.2) is 5.65 Å². The summed E-state index contributed by atoms with van der Waals surface area (Å²) in [6, 6.07) is 4.26. The van der Waals surface area contributed by atoms with Gasteiger partial charge in [0, 0.05) is 30.4 Å². The van der Waals surface area contributed by atoms with E-state index >= 15 is 0 Å². The number of ether oxygens (including phenoxy) is 1. The number of hydrogen-bond acceptors (Lipinski definition) is 5. The molecule has 1 saturated heterocycles. The van der Waals surface area contributed by atoms with Crippen LogP contribution in [0.4, 0.5) is 5.82 Å². The van der Waals surface area contributed by atoms with Crippen molar-refractivity contribution in [2.75, 3.05) is 18.5 Å². The van der Waals surface area contributed by atoms with E-state index in [1.54, 1.807) is 23.7 Å². The first-order valence-corrected chi connectivity index (χ1v) is 8.37. The van der Waals surface area contributed by atoms with E-state index in [4.69, 9.17) is 9.72 Å². The van der Waals surface area contributed by atoms with E-state index in [0.29, 0.717) is 6.10 Å². The van der Waals surface area contributed by atoms with Crippen LogP contribution in [0.5, 0.6) is 0 Å². The highest BCUT2D eigenvalue weighted by Crippen LogP contribution is 2.33. The number of nitrogens with one attached hydrogen (secondary N) is 1. The molecular formula is C16H18N4OS. The highest BCUT2D eigenvalue weighted by Gasteiger charge is 2.19. The summed E-state index contributed by atoms with van der Waals surface area (Å²) in [6.07, 6.45) is 8.10. The van der Waals surface area contributed by atoms with Crippen LogP contribution in [-0.4, -0.2) is 33.6 Å². The second-order valence-corrected chi connectivity index (χ2v) is 6.83. The standard InChI is InChI=1S/C16H18N4OS/c1-11-4-5-13(22-11)15-16(18-9-12-3-2-8-21-12)20-7-6-17-10-14(20)19-15/h4-7,10,12,18H,2-3,8-9H2,1H3/t12-/m1/s1. The highest BCUT2D eigenvalue weighted by molar-refractivity contribution is 7.15. The SMILES string of the molecule is Cc1ccc(-c2nc3cnccn3c2NC[C@H]2CCCO2)s1. The molecule has 0 bridgehead atoms. The summed E-state index contributed by atoms with van der Waals surface area (Å²) < 4.78 is 7.77. The van der Waals surface area contributed by atoms with Crippen molar-refractivity contribution in [2.45, 2.75) is 25.9 Å². The zero-order valence-electron chi connectivity index (χ0n) is 12.5. The second-order valence-electron chi connectivity index (χ2n) is 5.54. The topological polar surface area (TPSA) is 51.5 Å². The molecule has 1 N–H and O–H groups in total. The van der Waals surface area contributed by atoms with Gasteiger partial charge in [-0.25, -0.2) is 4.98 Å². The summed E-state index contributed by atoms with van der Waals surface area (Å²) in [7, 11) is 0. The van der Waals surface area contributed by atoms with Crippen molar-refractivity contribution in [3.05, 3.63) is 35.6 Å². The average Bonchev–Trinajstić information content (AvgIpc) is 3.24. The van der Waals surface area contributed by atoms with E-state index in [0.717, 1.165) is 43.2 Å². The maximum Gasteiger partial charge on any atom is 0.157 e. The first-order chi connectivity index (χ1) is 10.8. The van der Waals surface area contributed by atoms with Crippen molar-refractivity contribution in [2.24, 2.45) is 0 Å². The lowest BCUT2D eigenvalue weighted by Gasteiger charge is -2.12. The van der Waals surface area contributed by atoms with Crippen LogP contribution in [0.15, 0.2) is 30.7 Å². The third-order valence-electron chi connectivity index (χ3n) is 3.93. The van der Waals surface area contributed by atoms with Gasteiger partial charge < -0.3 is 10.1 Å². The fourth-order valence-corrected chi connectivity index (χ4v) is 3.68. The Balaban J connectivity index is 1.72. The van der Waals surface area contributed by atoms with E-state index in [1.807, 2.05) is 6.20 Å². The molecular weight excluding hydrogens is 296 g/mol. The van der Waals surface area contributed by atoms with E-state index < -0.39 is 0 Å². The maximum absolute atomic E-state index is 5.71. The molecule has 4 heterocycles. The summed E-state index contributed by atoms with van der Waals surface area (Å²) in [6.45, 7) is 3.80. The Hall–Kier alpha value is -1.92. The van der Waals surface area contributed by atoms with Gasteiger partial charge in [0.1, 0.15) is 11.5 Å². The van der Waals surface area contributed by atoms with E-state index in [-0.39, 0.29) is 0 Å². The smallest absolute Gasteiger partial charge is 0.157 e. The van der Waals surface area contributed by atoms with Crippen molar-refractivity contribution in [1.29, 1.82) is 0 Å². The number of imidazole rings is 1. The Bertz CT molecular complexity index is 788. The van der Waals surface area contributed by atoms with Crippen molar-refractivity contribution in [1.82, 2.24) is 14.4 Å². The molecule has 1 aliphatic rings. The number of anilines is 1. The molecule has 114 valence electrons. The molecule has 0 amide bonds. The molecule has 3 aromatic heterocycles. The molecule has 1 atom stereocenters. The molecule has 0 radical (unpaired) electrons. The molecule has 0 saturated carbocycles. The third kappa shape index (κ3) is 2.48. The fourth-order valence-electron chi connectivity index (χ4n) is 2.83. The molecule has 0 aromatic carbocycles. The fraction of sp³-hybridized carbons (Fsp3) is 0.375. The van der Waals surface area contributed by atoms with Gasteiger partial charge in [-0.3, -0.25) is 9.38 Å². The van der Waals surface area contributed by atoms with Gasteiger partial charge in [-0.05, 0) is 31.9 Å². The van der Waals surface area contributed by atoms with Crippen LogP contribution >= 0.6 is 11.3 Å². The first-order valence-electron chi connectivity index (χ1n) is 7.55. The Kier molecular flexibility index (Phi) is 3.56. The van der Waals surface area contributed by atoms with Gasteiger partial charge >= 0.3 is 0 Å². The van der Waals surface area contributed by atoms with Crippen LogP contribution in [0.3, 0.4) is 0 Å². The van der Waals surface area contributed by atoms with Crippen LogP contribution in [0.25, 0.3) is 16.2 Å². The quantitative estimate of drug-likeness (QED) is 0.802. The van der Waals surface area contributed by atoms with Crippen molar-refractivity contribution in [3.63, 3.8) is 0 Å². The second kappa shape index (κ2) is 5.70. The lowest BCUT2D eigenvalue weighted by atomic mass is 10.2. The molecule has 4 rings (SSSR count). The molecule has 6 heteroatoms. The molecule has 1 aliphatic heterocycles. The number of aromatic nitrogens is 3. The molecule has 0 aliphatic carbocycles. The Labute approximate surface area is 133 Å². The maximum atomic E-state index is 5.71. The predicted octanol–water partition coefficient (Wildman–Crippen LogP) is 3.36. The predicted molar refractivity (Wildman–Crippen MR) is 88.5 cm³/mol. The number of thiophene rings is 1. The minimum atomic E-state index is 0.297. The molecule has 0 unspecified atom stereocenters. The summed E-state index contributed by atoms with van der Waals surface area (Å²) in [4.78, 5) is 11.4. The van der Waals surface area contributed by atoms with E-state index in [2.05, 4.69) is 33.8 Å². The monoisotopic (exact) mass is 314 g/mol. The molecule has 22 heavy (non-hydrogen) atoms. The van der Waals surface area contributed by atoms with Crippen LogP contribution in [0.2, 0.25) is 0 Å². The van der Waals surface area contributed by atoms with Crippen LogP contribution in [0, 0.1) is 6.92 Å². The van der Waals surface area contributed by atoms with Crippen LogP contribution < -0.4 is 5.32 Å². The molecule has 5 nitrogen and oxygen atoms in total. The lowest BCUT2D eigenvalue weighted by Crippen LogP contribution is -2.19. The number of aryl methyl sites for hydroxylation is 1. The first kappa shape index (κ1) is 13.7. The van der Waals surface area contributed by atoms with Crippen LogP contribution in [-0.2, 0) is 4.74 Å². The van der Waals surface area contributed by atoms with E-state index in [9.17, 15) is 0 Å². The lowest BCUT2D eigenvalue weighted by molar-refractivity contribution is 0.120. The normalized spacial score (nSPS) is 18.1. The van der Waals surface area contributed by atoms with Gasteiger partial charge in [-0.1, -0.05) is 0 Å². The van der Waals surface area contributed by atoms with Gasteiger partial charge in [0.25, 0.3) is 0 Å². The number of hydrogen-bond donors (Lipinski definition) is 1. The van der Waals surface area contributed by atoms with Crippen molar-refractivity contribution < 1.29 is 4.74 Å². The molecule has 0 spiro atoms.